The summed E-state index contributed by atoms with van der Waals surface area (Å²) in [5.41, 5.74) is 0. The molecule has 0 bridgehead atoms. The molecule has 266 valence electrons. The minimum absolute atomic E-state index is 0.0108. The third kappa shape index (κ3) is 37.0. The molecule has 0 saturated heterocycles. The van der Waals surface area contributed by atoms with Gasteiger partial charge in [-0.1, -0.05) is 167 Å². The molecule has 0 amide bonds. The molecule has 1 N–H and O–H groups in total. The van der Waals surface area contributed by atoms with Crippen molar-refractivity contribution >= 4 is 11.9 Å². The summed E-state index contributed by atoms with van der Waals surface area (Å²) >= 11 is 0. The Morgan fingerprint density at radius 3 is 1.22 bits per heavy atom. The molecule has 0 spiro atoms. The van der Waals surface area contributed by atoms with Crippen molar-refractivity contribution in [2.24, 2.45) is 0 Å². The summed E-state index contributed by atoms with van der Waals surface area (Å²) in [5.74, 6) is -0.680. The summed E-state index contributed by atoms with van der Waals surface area (Å²) < 4.78 is 6.02. The maximum atomic E-state index is 12.7. The highest BCUT2D eigenvalue weighted by Gasteiger charge is 2.14. The van der Waals surface area contributed by atoms with Crippen molar-refractivity contribution in [1.82, 2.24) is 0 Å². The van der Waals surface area contributed by atoms with E-state index in [1.165, 1.54) is 135 Å². The van der Waals surface area contributed by atoms with Gasteiger partial charge in [-0.3, -0.25) is 9.59 Å². The molecule has 0 rings (SSSR count). The minimum Gasteiger partial charge on any atom is -0.481 e. The van der Waals surface area contributed by atoms with Gasteiger partial charge in [-0.25, -0.2) is 0 Å². The van der Waals surface area contributed by atoms with Gasteiger partial charge >= 0.3 is 11.9 Å². The quantitative estimate of drug-likeness (QED) is 0.0419. The Kier molecular flexibility index (Phi) is 36.1. The van der Waals surface area contributed by atoms with E-state index in [0.29, 0.717) is 6.42 Å². The fraction of sp³-hybridized carbons (Fsp3) is 0.902. The number of esters is 1. The Balaban J connectivity index is 4.05. The van der Waals surface area contributed by atoms with Crippen LogP contribution in [0.15, 0.2) is 12.2 Å². The normalized spacial score (nSPS) is 12.2. The summed E-state index contributed by atoms with van der Waals surface area (Å²) in [7, 11) is 0. The first-order chi connectivity index (χ1) is 22.1. The molecule has 0 aromatic rings. The van der Waals surface area contributed by atoms with Gasteiger partial charge in [0.05, 0.1) is 0 Å². The molecule has 45 heavy (non-hydrogen) atoms. The van der Waals surface area contributed by atoms with Crippen LogP contribution in [0.3, 0.4) is 0 Å². The number of carbonyl (C=O) groups is 2. The highest BCUT2D eigenvalue weighted by Crippen LogP contribution is 2.19. The number of aliphatic carboxylic acids is 1. The maximum absolute atomic E-state index is 12.7. The Hall–Kier alpha value is -1.32. The van der Waals surface area contributed by atoms with Crippen LogP contribution in [0.25, 0.3) is 0 Å². The molecule has 0 heterocycles. The molecule has 4 nitrogen and oxygen atoms in total. The van der Waals surface area contributed by atoms with Crippen LogP contribution in [0.1, 0.15) is 232 Å². The molecular formula is C41H78O4. The Labute approximate surface area is 281 Å². The van der Waals surface area contributed by atoms with E-state index in [4.69, 9.17) is 9.84 Å². The number of rotatable bonds is 37. The van der Waals surface area contributed by atoms with E-state index >= 15 is 0 Å². The van der Waals surface area contributed by atoms with Crippen molar-refractivity contribution in [2.45, 2.75) is 238 Å². The van der Waals surface area contributed by atoms with Crippen LogP contribution >= 0.6 is 0 Å². The third-order valence-electron chi connectivity index (χ3n) is 9.24. The standard InChI is InChI=1S/C41H78O4/c1-3-5-7-9-11-13-15-17-18-20-22-24-30-34-38-41(44)45-39(36-32-28-25-26-29-33-37-40(42)43)35-31-27-23-21-19-16-14-12-10-8-6-4-2/h13,15,39H,3-12,14,16-38H2,1-2H3,(H,42,43)/b15-13-. The molecule has 1 atom stereocenters. The number of allylic oxidation sites excluding steroid dienone is 2. The summed E-state index contributed by atoms with van der Waals surface area (Å²) in [5, 5.41) is 8.79. The molecule has 4 heteroatoms. The highest BCUT2D eigenvalue weighted by atomic mass is 16.5. The molecular weight excluding hydrogens is 556 g/mol. The lowest BCUT2D eigenvalue weighted by atomic mass is 10.0. The van der Waals surface area contributed by atoms with E-state index in [1.807, 2.05) is 0 Å². The summed E-state index contributed by atoms with van der Waals surface area (Å²) in [6.07, 6.45) is 45.1. The van der Waals surface area contributed by atoms with Gasteiger partial charge in [0.1, 0.15) is 6.10 Å². The molecule has 0 aliphatic rings. The number of hydrogen-bond acceptors (Lipinski definition) is 3. The van der Waals surface area contributed by atoms with Crippen LogP contribution in [0.5, 0.6) is 0 Å². The van der Waals surface area contributed by atoms with E-state index in [2.05, 4.69) is 26.0 Å². The number of hydrogen-bond donors (Lipinski definition) is 1. The van der Waals surface area contributed by atoms with Gasteiger partial charge in [-0.2, -0.15) is 0 Å². The van der Waals surface area contributed by atoms with Crippen LogP contribution in [-0.4, -0.2) is 23.1 Å². The van der Waals surface area contributed by atoms with Crippen molar-refractivity contribution in [3.05, 3.63) is 12.2 Å². The van der Waals surface area contributed by atoms with Crippen LogP contribution in [0.2, 0.25) is 0 Å². The number of carbonyl (C=O) groups excluding carboxylic acids is 1. The van der Waals surface area contributed by atoms with Crippen LogP contribution in [0, 0.1) is 0 Å². The summed E-state index contributed by atoms with van der Waals surface area (Å²) in [4.78, 5) is 23.4. The first kappa shape index (κ1) is 43.7. The molecule has 0 radical (unpaired) electrons. The lowest BCUT2D eigenvalue weighted by molar-refractivity contribution is -0.150. The van der Waals surface area contributed by atoms with Gasteiger partial charge in [0, 0.05) is 12.8 Å². The SMILES string of the molecule is CCCCCC/C=C\CCCCCCCCC(=O)OC(CCCCCCCCCCCCCC)CCCCCCCCC(=O)O. The first-order valence-corrected chi connectivity index (χ1v) is 20.2. The monoisotopic (exact) mass is 635 g/mol. The van der Waals surface area contributed by atoms with Crippen molar-refractivity contribution < 1.29 is 19.4 Å². The van der Waals surface area contributed by atoms with Gasteiger partial charge < -0.3 is 9.84 Å². The predicted molar refractivity (Wildman–Crippen MR) is 195 cm³/mol. The summed E-state index contributed by atoms with van der Waals surface area (Å²) in [6.45, 7) is 4.54. The predicted octanol–water partition coefficient (Wildman–Crippen LogP) is 13.8. The largest absolute Gasteiger partial charge is 0.481 e. The lowest BCUT2D eigenvalue weighted by Crippen LogP contribution is -2.18. The topological polar surface area (TPSA) is 63.6 Å². The zero-order valence-electron chi connectivity index (χ0n) is 30.4. The second kappa shape index (κ2) is 37.1. The lowest BCUT2D eigenvalue weighted by Gasteiger charge is -2.18. The zero-order chi connectivity index (χ0) is 32.9. The average molecular weight is 635 g/mol. The van der Waals surface area contributed by atoms with Crippen molar-refractivity contribution in [3.63, 3.8) is 0 Å². The highest BCUT2D eigenvalue weighted by molar-refractivity contribution is 5.69. The molecule has 0 fully saturated rings. The van der Waals surface area contributed by atoms with E-state index in [-0.39, 0.29) is 18.5 Å². The van der Waals surface area contributed by atoms with Gasteiger partial charge in [-0.15, -0.1) is 0 Å². The average Bonchev–Trinajstić information content (AvgIpc) is 3.02. The van der Waals surface area contributed by atoms with E-state index < -0.39 is 5.97 Å². The molecule has 0 aromatic heterocycles. The fourth-order valence-corrected chi connectivity index (χ4v) is 6.24. The number of unbranched alkanes of at least 4 members (excludes halogenated alkanes) is 26. The van der Waals surface area contributed by atoms with E-state index in [1.54, 1.807) is 0 Å². The number of carboxylic acids is 1. The molecule has 1 unspecified atom stereocenters. The Morgan fingerprint density at radius 1 is 0.467 bits per heavy atom. The van der Waals surface area contributed by atoms with Crippen molar-refractivity contribution in [1.29, 1.82) is 0 Å². The van der Waals surface area contributed by atoms with Gasteiger partial charge in [0.25, 0.3) is 0 Å². The first-order valence-electron chi connectivity index (χ1n) is 20.2. The van der Waals surface area contributed by atoms with Crippen molar-refractivity contribution in [3.8, 4) is 0 Å². The van der Waals surface area contributed by atoms with E-state index in [9.17, 15) is 9.59 Å². The van der Waals surface area contributed by atoms with Crippen LogP contribution in [0.4, 0.5) is 0 Å². The fourth-order valence-electron chi connectivity index (χ4n) is 6.24. The Bertz CT molecular complexity index is 643. The van der Waals surface area contributed by atoms with Crippen LogP contribution in [-0.2, 0) is 14.3 Å². The summed E-state index contributed by atoms with van der Waals surface area (Å²) in [6, 6.07) is 0. The second-order valence-corrected chi connectivity index (χ2v) is 13.8. The second-order valence-electron chi connectivity index (χ2n) is 13.8. The van der Waals surface area contributed by atoms with Gasteiger partial charge in [0.15, 0.2) is 0 Å². The molecule has 0 aromatic carbocycles. The zero-order valence-corrected chi connectivity index (χ0v) is 30.4. The minimum atomic E-state index is -0.691. The smallest absolute Gasteiger partial charge is 0.306 e. The van der Waals surface area contributed by atoms with Gasteiger partial charge in [0.2, 0.25) is 0 Å². The maximum Gasteiger partial charge on any atom is 0.306 e. The molecule has 0 saturated carbocycles. The molecule has 0 aliphatic carbocycles. The Morgan fingerprint density at radius 2 is 0.800 bits per heavy atom. The third-order valence-corrected chi connectivity index (χ3v) is 9.24. The number of ether oxygens (including phenoxy) is 1. The van der Waals surface area contributed by atoms with E-state index in [0.717, 1.165) is 70.6 Å². The van der Waals surface area contributed by atoms with Crippen molar-refractivity contribution in [2.75, 3.05) is 0 Å². The number of carboxylic acid groups (broad SMARTS) is 1. The molecule has 0 aliphatic heterocycles. The van der Waals surface area contributed by atoms with Crippen LogP contribution < -0.4 is 0 Å². The van der Waals surface area contributed by atoms with Gasteiger partial charge in [-0.05, 0) is 64.2 Å².